The predicted molar refractivity (Wildman–Crippen MR) is 117 cm³/mol. The van der Waals surface area contributed by atoms with Crippen molar-refractivity contribution in [3.8, 4) is 11.6 Å². The number of nitrogens with zero attached hydrogens (tertiary/aromatic N) is 3. The highest BCUT2D eigenvalue weighted by Crippen LogP contribution is 2.47. The van der Waals surface area contributed by atoms with Gasteiger partial charge in [-0.2, -0.15) is 0 Å². The van der Waals surface area contributed by atoms with Crippen LogP contribution in [0.1, 0.15) is 22.8 Å². The van der Waals surface area contributed by atoms with E-state index >= 15 is 0 Å². The predicted octanol–water partition coefficient (Wildman–Crippen LogP) is 3.16. The Balaban J connectivity index is 1.95. The van der Waals surface area contributed by atoms with E-state index in [1.54, 1.807) is 18.9 Å². The number of aliphatic imine (C=N–C) groups is 1. The van der Waals surface area contributed by atoms with Crippen LogP contribution in [0.4, 0.5) is 5.69 Å². The number of methoxy groups -OCH3 is 1. The largest absolute Gasteiger partial charge is 0.496 e. The molecule has 8 heteroatoms. The molecule has 2 heterocycles. The number of ether oxygens (including phenoxy) is 1. The molecule has 1 N–H and O–H groups in total. The smallest absolute Gasteiger partial charge is 0.333 e. The normalized spacial score (nSPS) is 15.8. The van der Waals surface area contributed by atoms with Crippen molar-refractivity contribution >= 4 is 23.2 Å². The number of benzene rings is 2. The first-order valence-electron chi connectivity index (χ1n) is 9.38. The summed E-state index contributed by atoms with van der Waals surface area (Å²) in [4.78, 5) is 30.8. The molecule has 3 aromatic rings. The van der Waals surface area contributed by atoms with Crippen LogP contribution in [-0.2, 0) is 14.1 Å². The Hall–Kier alpha value is -3.26. The molecule has 4 rings (SSSR count). The van der Waals surface area contributed by atoms with Crippen LogP contribution >= 0.6 is 11.8 Å². The van der Waals surface area contributed by atoms with Gasteiger partial charge in [-0.05, 0) is 18.2 Å². The van der Waals surface area contributed by atoms with E-state index in [1.165, 1.54) is 14.1 Å². The molecular weight excluding hydrogens is 402 g/mol. The zero-order valence-electron chi connectivity index (χ0n) is 16.8. The molecule has 7 nitrogen and oxygen atoms in total. The van der Waals surface area contributed by atoms with Crippen LogP contribution in [0, 0.1) is 0 Å². The van der Waals surface area contributed by atoms with E-state index in [9.17, 15) is 14.7 Å². The molecule has 0 radical (unpaired) electrons. The van der Waals surface area contributed by atoms with E-state index in [0.29, 0.717) is 17.8 Å². The fourth-order valence-corrected chi connectivity index (χ4v) is 4.82. The number of para-hydroxylation sites is 2. The minimum atomic E-state index is -0.591. The lowest BCUT2D eigenvalue weighted by Crippen LogP contribution is -2.40. The molecule has 154 valence electrons. The van der Waals surface area contributed by atoms with Crippen LogP contribution in [-0.4, -0.2) is 27.1 Å². The van der Waals surface area contributed by atoms with Gasteiger partial charge in [-0.1, -0.05) is 30.3 Å². The molecule has 1 aliphatic rings. The highest BCUT2D eigenvalue weighted by molar-refractivity contribution is 7.99. The number of rotatable bonds is 3. The highest BCUT2D eigenvalue weighted by atomic mass is 32.2. The van der Waals surface area contributed by atoms with Crippen molar-refractivity contribution in [2.24, 2.45) is 19.1 Å². The van der Waals surface area contributed by atoms with Gasteiger partial charge < -0.3 is 9.84 Å². The summed E-state index contributed by atoms with van der Waals surface area (Å²) in [6.45, 7) is 0. The van der Waals surface area contributed by atoms with E-state index in [4.69, 9.17) is 9.73 Å². The Morgan fingerprint density at radius 1 is 1.07 bits per heavy atom. The van der Waals surface area contributed by atoms with Gasteiger partial charge in [-0.25, -0.2) is 4.79 Å². The van der Waals surface area contributed by atoms with Gasteiger partial charge in [-0.15, -0.1) is 11.8 Å². The third-order valence-corrected chi connectivity index (χ3v) is 6.48. The first-order valence-corrected chi connectivity index (χ1v) is 10.3. The molecule has 0 saturated heterocycles. The van der Waals surface area contributed by atoms with Gasteiger partial charge >= 0.3 is 5.69 Å². The van der Waals surface area contributed by atoms with Crippen LogP contribution in [0.25, 0.3) is 0 Å². The van der Waals surface area contributed by atoms with Crippen molar-refractivity contribution in [3.63, 3.8) is 0 Å². The lowest BCUT2D eigenvalue weighted by atomic mass is 10.0. The monoisotopic (exact) mass is 423 g/mol. The quantitative estimate of drug-likeness (QED) is 0.699. The number of thioether (sulfide) groups is 1. The van der Waals surface area contributed by atoms with Crippen molar-refractivity contribution in [2.75, 3.05) is 7.11 Å². The first-order chi connectivity index (χ1) is 14.4. The van der Waals surface area contributed by atoms with Gasteiger partial charge in [0.25, 0.3) is 5.56 Å². The minimum Gasteiger partial charge on any atom is -0.496 e. The average Bonchev–Trinajstić information content (AvgIpc) is 2.96. The maximum atomic E-state index is 12.9. The maximum absolute atomic E-state index is 12.9. The number of aromatic hydroxyl groups is 1. The molecular formula is C22H21N3O4S. The topological polar surface area (TPSA) is 85.8 Å². The Labute approximate surface area is 177 Å². The summed E-state index contributed by atoms with van der Waals surface area (Å²) in [5.41, 5.74) is 0.985. The second-order valence-electron chi connectivity index (χ2n) is 6.98. The van der Waals surface area contributed by atoms with Crippen molar-refractivity contribution in [1.82, 2.24) is 9.13 Å². The Morgan fingerprint density at radius 2 is 1.77 bits per heavy atom. The van der Waals surface area contributed by atoms with Crippen LogP contribution in [0.5, 0.6) is 11.6 Å². The van der Waals surface area contributed by atoms with Crippen molar-refractivity contribution < 1.29 is 9.84 Å². The molecule has 0 spiro atoms. The minimum absolute atomic E-state index is 0.0387. The summed E-state index contributed by atoms with van der Waals surface area (Å²) in [6.07, 6.45) is 0.376. The maximum Gasteiger partial charge on any atom is 0.333 e. The molecule has 1 unspecified atom stereocenters. The van der Waals surface area contributed by atoms with E-state index in [0.717, 1.165) is 25.3 Å². The second kappa shape index (κ2) is 7.87. The molecule has 1 aliphatic heterocycles. The molecule has 0 saturated carbocycles. The van der Waals surface area contributed by atoms with Crippen LogP contribution in [0.15, 0.2) is 68.0 Å². The first kappa shape index (κ1) is 20.0. The van der Waals surface area contributed by atoms with Gasteiger partial charge in [0.15, 0.2) is 0 Å². The molecule has 0 amide bonds. The van der Waals surface area contributed by atoms with Gasteiger partial charge in [0.05, 0.1) is 18.5 Å². The third-order valence-electron chi connectivity index (χ3n) is 5.18. The SMILES string of the molecule is COc1ccccc1C1CC(c2c(O)n(C)c(=O)n(C)c2=O)=Nc2ccccc2S1. The summed E-state index contributed by atoms with van der Waals surface area (Å²) >= 11 is 1.63. The van der Waals surface area contributed by atoms with E-state index in [-0.39, 0.29) is 16.7 Å². The lowest BCUT2D eigenvalue weighted by Gasteiger charge is -2.19. The Bertz CT molecular complexity index is 1280. The fourth-order valence-electron chi connectivity index (χ4n) is 3.56. The highest BCUT2D eigenvalue weighted by Gasteiger charge is 2.28. The molecule has 0 fully saturated rings. The molecule has 30 heavy (non-hydrogen) atoms. The summed E-state index contributed by atoms with van der Waals surface area (Å²) in [5, 5.41) is 10.6. The second-order valence-corrected chi connectivity index (χ2v) is 8.23. The zero-order valence-corrected chi connectivity index (χ0v) is 17.6. The zero-order chi connectivity index (χ0) is 21.4. The fraction of sp³-hybridized carbons (Fsp3) is 0.227. The summed E-state index contributed by atoms with van der Waals surface area (Å²) in [7, 11) is 4.45. The van der Waals surface area contributed by atoms with E-state index in [2.05, 4.69) is 0 Å². The van der Waals surface area contributed by atoms with Crippen LogP contribution in [0.3, 0.4) is 0 Å². The van der Waals surface area contributed by atoms with Crippen molar-refractivity contribution in [1.29, 1.82) is 0 Å². The Morgan fingerprint density at radius 3 is 2.53 bits per heavy atom. The third kappa shape index (κ3) is 3.33. The molecule has 0 aliphatic carbocycles. The van der Waals surface area contributed by atoms with Crippen LogP contribution < -0.4 is 16.0 Å². The summed E-state index contributed by atoms with van der Waals surface area (Å²) < 4.78 is 7.60. The molecule has 2 aromatic carbocycles. The Kier molecular flexibility index (Phi) is 5.26. The summed E-state index contributed by atoms with van der Waals surface area (Å²) in [6, 6.07) is 15.4. The molecule has 0 bridgehead atoms. The van der Waals surface area contributed by atoms with Gasteiger partial charge in [0.1, 0.15) is 11.3 Å². The summed E-state index contributed by atoms with van der Waals surface area (Å²) in [5.74, 6) is 0.358. The number of aromatic nitrogens is 2. The number of hydrogen-bond donors (Lipinski definition) is 1. The van der Waals surface area contributed by atoms with Crippen molar-refractivity contribution in [2.45, 2.75) is 16.6 Å². The van der Waals surface area contributed by atoms with Gasteiger partial charge in [0, 0.05) is 36.2 Å². The number of fused-ring (bicyclic) bond motifs is 1. The van der Waals surface area contributed by atoms with Gasteiger partial charge in [-0.3, -0.25) is 18.9 Å². The molecule has 1 atom stereocenters. The average molecular weight is 423 g/mol. The van der Waals surface area contributed by atoms with Crippen LogP contribution in [0.2, 0.25) is 0 Å². The lowest BCUT2D eigenvalue weighted by molar-refractivity contribution is 0.409. The standard InChI is InChI=1S/C22H21N3O4S/c1-24-20(26)19(21(27)25(2)22(24)28)15-12-18(13-8-4-6-10-16(13)29-3)30-17-11-7-5-9-14(17)23-15/h4-11,18,26H,12H2,1-3H3. The number of hydrogen-bond acceptors (Lipinski definition) is 6. The van der Waals surface area contributed by atoms with E-state index < -0.39 is 11.2 Å². The van der Waals surface area contributed by atoms with Gasteiger partial charge in [0.2, 0.25) is 5.88 Å². The molecule has 1 aromatic heterocycles. The van der Waals surface area contributed by atoms with Crippen molar-refractivity contribution in [3.05, 3.63) is 80.5 Å². The van der Waals surface area contributed by atoms with E-state index in [1.807, 2.05) is 48.5 Å².